The topological polar surface area (TPSA) is 60.0 Å². The van der Waals surface area contributed by atoms with E-state index in [-0.39, 0.29) is 0 Å². The quantitative estimate of drug-likeness (QED) is 0.448. The average Bonchev–Trinajstić information content (AvgIpc) is 3.34. The third-order valence-corrected chi connectivity index (χ3v) is 5.36. The lowest BCUT2D eigenvalue weighted by molar-refractivity contribution is 0.260. The predicted octanol–water partition coefficient (Wildman–Crippen LogP) is 4.73. The summed E-state index contributed by atoms with van der Waals surface area (Å²) in [5, 5.41) is 8.89. The molecule has 0 aliphatic heterocycles. The summed E-state index contributed by atoms with van der Waals surface area (Å²) < 4.78 is 7.50. The number of nitrogens with zero attached hydrogens (tertiary/aromatic N) is 5. The van der Waals surface area contributed by atoms with Crippen molar-refractivity contribution in [1.29, 1.82) is 0 Å². The maximum Gasteiger partial charge on any atom is 0.241 e. The Bertz CT molecular complexity index is 1110. The molecule has 0 radical (unpaired) electrons. The minimum atomic E-state index is 0.579. The molecule has 0 N–H and O–H groups in total. The van der Waals surface area contributed by atoms with E-state index in [2.05, 4.69) is 67.1 Å². The van der Waals surface area contributed by atoms with Gasteiger partial charge in [0.2, 0.25) is 11.7 Å². The van der Waals surface area contributed by atoms with E-state index in [0.717, 1.165) is 35.6 Å². The first-order valence-electron chi connectivity index (χ1n) is 10.3. The summed E-state index contributed by atoms with van der Waals surface area (Å²) in [6.07, 6.45) is 1.02. The molecule has 0 saturated carbocycles. The van der Waals surface area contributed by atoms with E-state index in [1.54, 1.807) is 0 Å². The second-order valence-corrected chi connectivity index (χ2v) is 7.63. The van der Waals surface area contributed by atoms with Crippen LogP contribution < -0.4 is 0 Å². The molecular weight excluding hydrogens is 374 g/mol. The van der Waals surface area contributed by atoms with Gasteiger partial charge in [-0.15, -0.1) is 0 Å². The van der Waals surface area contributed by atoms with Crippen LogP contribution in [0.5, 0.6) is 0 Å². The van der Waals surface area contributed by atoms with E-state index in [9.17, 15) is 0 Å². The molecule has 4 rings (SSSR count). The monoisotopic (exact) mass is 401 g/mol. The summed E-state index contributed by atoms with van der Waals surface area (Å²) >= 11 is 0. The van der Waals surface area contributed by atoms with Gasteiger partial charge in [-0.2, -0.15) is 10.1 Å². The van der Waals surface area contributed by atoms with Crippen LogP contribution in [0.25, 0.3) is 17.1 Å². The van der Waals surface area contributed by atoms with E-state index in [1.807, 2.05) is 35.0 Å². The molecular formula is C24H27N5O. The highest BCUT2D eigenvalue weighted by atomic mass is 16.5. The van der Waals surface area contributed by atoms with Crippen LogP contribution in [0.3, 0.4) is 0 Å². The Hall–Kier alpha value is -3.25. The fraction of sp³-hybridized carbons (Fsp3) is 0.292. The molecule has 0 spiro atoms. The fourth-order valence-electron chi connectivity index (χ4n) is 3.61. The van der Waals surface area contributed by atoms with E-state index in [0.29, 0.717) is 18.3 Å². The normalized spacial score (nSPS) is 11.4. The number of para-hydroxylation sites is 1. The molecule has 0 aliphatic carbocycles. The van der Waals surface area contributed by atoms with Gasteiger partial charge in [0.25, 0.3) is 0 Å². The first-order chi connectivity index (χ1) is 14.5. The number of hydrogen-bond donors (Lipinski definition) is 0. The number of aryl methyl sites for hydroxylation is 2. The van der Waals surface area contributed by atoms with Gasteiger partial charge in [0.1, 0.15) is 0 Å². The SMILES string of the molecule is CCc1ccc(-c2noc(CN(C)Cc3c(C)nn(-c4ccccc4)c3C)n2)cc1. The average molecular weight is 402 g/mol. The van der Waals surface area contributed by atoms with Crippen molar-refractivity contribution in [2.75, 3.05) is 7.05 Å². The van der Waals surface area contributed by atoms with E-state index >= 15 is 0 Å². The van der Waals surface area contributed by atoms with Crippen molar-refractivity contribution in [2.45, 2.75) is 40.3 Å². The molecule has 0 bridgehead atoms. The van der Waals surface area contributed by atoms with Crippen LogP contribution in [0.1, 0.15) is 35.3 Å². The maximum absolute atomic E-state index is 5.50. The van der Waals surface area contributed by atoms with Crippen molar-refractivity contribution in [3.8, 4) is 17.1 Å². The molecule has 0 amide bonds. The molecule has 6 nitrogen and oxygen atoms in total. The minimum Gasteiger partial charge on any atom is -0.338 e. The number of rotatable bonds is 7. The zero-order chi connectivity index (χ0) is 21.1. The second kappa shape index (κ2) is 8.63. The zero-order valence-corrected chi connectivity index (χ0v) is 18.0. The highest BCUT2D eigenvalue weighted by Crippen LogP contribution is 2.21. The Balaban J connectivity index is 1.46. The Kier molecular flexibility index (Phi) is 5.77. The van der Waals surface area contributed by atoms with Crippen LogP contribution in [0.4, 0.5) is 0 Å². The minimum absolute atomic E-state index is 0.579. The van der Waals surface area contributed by atoms with Gasteiger partial charge in [0.05, 0.1) is 17.9 Å². The highest BCUT2D eigenvalue weighted by Gasteiger charge is 2.16. The molecule has 4 aromatic rings. The zero-order valence-electron chi connectivity index (χ0n) is 18.0. The van der Waals surface area contributed by atoms with Gasteiger partial charge in [-0.25, -0.2) is 4.68 Å². The molecule has 0 aliphatic rings. The molecule has 30 heavy (non-hydrogen) atoms. The van der Waals surface area contributed by atoms with E-state index in [1.165, 1.54) is 11.1 Å². The van der Waals surface area contributed by atoms with Gasteiger partial charge in [-0.1, -0.05) is 54.5 Å². The summed E-state index contributed by atoms with van der Waals surface area (Å²) in [6, 6.07) is 18.5. The van der Waals surface area contributed by atoms with Gasteiger partial charge in [-0.05, 0) is 45.0 Å². The van der Waals surface area contributed by atoms with Crippen molar-refractivity contribution in [3.05, 3.63) is 83.0 Å². The van der Waals surface area contributed by atoms with Crippen molar-refractivity contribution < 1.29 is 4.52 Å². The van der Waals surface area contributed by atoms with Gasteiger partial charge in [-0.3, -0.25) is 4.90 Å². The summed E-state index contributed by atoms with van der Waals surface area (Å²) in [4.78, 5) is 6.75. The standard InChI is InChI=1S/C24H27N5O/c1-5-19-11-13-20(14-12-19)24-25-23(30-27-24)16-28(4)15-22-17(2)26-29(18(22)3)21-9-7-6-8-10-21/h6-14H,5,15-16H2,1-4H3. The Morgan fingerprint density at radius 2 is 1.70 bits per heavy atom. The molecule has 0 saturated heterocycles. The maximum atomic E-state index is 5.50. The fourth-order valence-corrected chi connectivity index (χ4v) is 3.61. The summed E-state index contributed by atoms with van der Waals surface area (Å²) in [6.45, 7) is 7.65. The lowest BCUT2D eigenvalue weighted by atomic mass is 10.1. The summed E-state index contributed by atoms with van der Waals surface area (Å²) in [5.74, 6) is 1.24. The molecule has 2 aromatic carbocycles. The van der Waals surface area contributed by atoms with Crippen LogP contribution in [-0.2, 0) is 19.5 Å². The number of hydrogen-bond acceptors (Lipinski definition) is 5. The van der Waals surface area contributed by atoms with Crippen molar-refractivity contribution >= 4 is 0 Å². The predicted molar refractivity (Wildman–Crippen MR) is 117 cm³/mol. The first kappa shape index (κ1) is 20.0. The summed E-state index contributed by atoms with van der Waals surface area (Å²) in [5.41, 5.74) is 6.74. The van der Waals surface area contributed by atoms with Crippen LogP contribution in [0, 0.1) is 13.8 Å². The number of aromatic nitrogens is 4. The smallest absolute Gasteiger partial charge is 0.241 e. The van der Waals surface area contributed by atoms with Gasteiger partial charge in [0, 0.05) is 23.4 Å². The van der Waals surface area contributed by atoms with Gasteiger partial charge in [0.15, 0.2) is 0 Å². The highest BCUT2D eigenvalue weighted by molar-refractivity contribution is 5.54. The van der Waals surface area contributed by atoms with Crippen molar-refractivity contribution in [3.63, 3.8) is 0 Å². The van der Waals surface area contributed by atoms with Crippen LogP contribution >= 0.6 is 0 Å². The molecule has 0 unspecified atom stereocenters. The van der Waals surface area contributed by atoms with Crippen molar-refractivity contribution in [1.82, 2.24) is 24.8 Å². The van der Waals surface area contributed by atoms with Crippen LogP contribution in [0.2, 0.25) is 0 Å². The van der Waals surface area contributed by atoms with E-state index in [4.69, 9.17) is 9.62 Å². The molecule has 6 heteroatoms. The molecule has 2 aromatic heterocycles. The van der Waals surface area contributed by atoms with Crippen LogP contribution in [0.15, 0.2) is 59.1 Å². The molecule has 154 valence electrons. The number of benzene rings is 2. The first-order valence-corrected chi connectivity index (χ1v) is 10.3. The molecule has 0 atom stereocenters. The Morgan fingerprint density at radius 1 is 0.967 bits per heavy atom. The van der Waals surface area contributed by atoms with Gasteiger partial charge >= 0.3 is 0 Å². The van der Waals surface area contributed by atoms with E-state index < -0.39 is 0 Å². The Labute approximate surface area is 177 Å². The largest absolute Gasteiger partial charge is 0.338 e. The lowest BCUT2D eigenvalue weighted by Crippen LogP contribution is -2.18. The molecule has 0 fully saturated rings. The second-order valence-electron chi connectivity index (χ2n) is 7.63. The molecule has 2 heterocycles. The third-order valence-electron chi connectivity index (χ3n) is 5.36. The van der Waals surface area contributed by atoms with Gasteiger partial charge < -0.3 is 4.52 Å². The summed E-state index contributed by atoms with van der Waals surface area (Å²) in [7, 11) is 2.05. The van der Waals surface area contributed by atoms with Crippen LogP contribution in [-0.4, -0.2) is 31.9 Å². The third kappa shape index (κ3) is 4.19. The Morgan fingerprint density at radius 3 is 2.40 bits per heavy atom. The van der Waals surface area contributed by atoms with Crippen molar-refractivity contribution in [2.24, 2.45) is 0 Å². The lowest BCUT2D eigenvalue weighted by Gasteiger charge is -2.14.